The summed E-state index contributed by atoms with van der Waals surface area (Å²) in [6.07, 6.45) is 2.09. The fourth-order valence-corrected chi connectivity index (χ4v) is 2.38. The Bertz CT molecular complexity index is 485. The quantitative estimate of drug-likeness (QED) is 0.770. The number of thiophene rings is 1. The minimum absolute atomic E-state index is 0.315. The molecule has 5 nitrogen and oxygen atoms in total. The molecule has 2 aromatic heterocycles. The molecule has 2 aromatic rings. The molecule has 0 unspecified atom stereocenters. The van der Waals surface area contributed by atoms with Gasteiger partial charge in [-0.05, 0) is 24.3 Å². The number of ether oxygens (including phenoxy) is 1. The standard InChI is InChI=1S/C11H16N4OS/c1-16-6-3-2-5-13-10-9-8(4-7-17-9)14-11(12)15-10/h4,7H,2-3,5-6H2,1H3,(H3,12,13,14,15). The number of hydrogen-bond donors (Lipinski definition) is 2. The van der Waals surface area contributed by atoms with Gasteiger partial charge in [0.1, 0.15) is 5.82 Å². The van der Waals surface area contributed by atoms with Crippen LogP contribution in [-0.2, 0) is 4.74 Å². The van der Waals surface area contributed by atoms with Crippen molar-refractivity contribution < 1.29 is 4.74 Å². The number of nitrogens with two attached hydrogens (primary N) is 1. The van der Waals surface area contributed by atoms with Crippen LogP contribution in [0.15, 0.2) is 11.4 Å². The van der Waals surface area contributed by atoms with Crippen LogP contribution in [0.25, 0.3) is 10.2 Å². The zero-order chi connectivity index (χ0) is 12.1. The van der Waals surface area contributed by atoms with Crippen LogP contribution in [0.1, 0.15) is 12.8 Å². The van der Waals surface area contributed by atoms with Gasteiger partial charge in [-0.3, -0.25) is 0 Å². The molecular formula is C11H16N4OS. The zero-order valence-electron chi connectivity index (χ0n) is 9.77. The molecule has 92 valence electrons. The van der Waals surface area contributed by atoms with Gasteiger partial charge in [-0.15, -0.1) is 11.3 Å². The van der Waals surface area contributed by atoms with Crippen molar-refractivity contribution in [2.45, 2.75) is 12.8 Å². The fraction of sp³-hybridized carbons (Fsp3) is 0.455. The van der Waals surface area contributed by atoms with Gasteiger partial charge < -0.3 is 15.8 Å². The van der Waals surface area contributed by atoms with E-state index in [0.29, 0.717) is 5.95 Å². The number of aromatic nitrogens is 2. The number of rotatable bonds is 6. The average Bonchev–Trinajstić information content (AvgIpc) is 2.76. The molecule has 17 heavy (non-hydrogen) atoms. The maximum absolute atomic E-state index is 5.66. The van der Waals surface area contributed by atoms with E-state index in [2.05, 4.69) is 15.3 Å². The number of methoxy groups -OCH3 is 1. The molecule has 0 atom stereocenters. The monoisotopic (exact) mass is 252 g/mol. The number of nitrogens with one attached hydrogen (secondary N) is 1. The summed E-state index contributed by atoms with van der Waals surface area (Å²) < 4.78 is 6.06. The Morgan fingerprint density at radius 2 is 2.29 bits per heavy atom. The lowest BCUT2D eigenvalue weighted by atomic mass is 10.3. The van der Waals surface area contributed by atoms with Crippen molar-refractivity contribution >= 4 is 33.3 Å². The number of anilines is 2. The van der Waals surface area contributed by atoms with E-state index >= 15 is 0 Å². The molecule has 0 aromatic carbocycles. The highest BCUT2D eigenvalue weighted by Crippen LogP contribution is 2.26. The second-order valence-electron chi connectivity index (χ2n) is 3.69. The Hall–Kier alpha value is -1.40. The summed E-state index contributed by atoms with van der Waals surface area (Å²) in [7, 11) is 1.72. The molecule has 0 aliphatic heterocycles. The van der Waals surface area contributed by atoms with E-state index in [-0.39, 0.29) is 0 Å². The summed E-state index contributed by atoms with van der Waals surface area (Å²) in [6, 6.07) is 1.95. The van der Waals surface area contributed by atoms with Crippen LogP contribution in [0, 0.1) is 0 Å². The van der Waals surface area contributed by atoms with Gasteiger partial charge in [0.05, 0.1) is 10.2 Å². The lowest BCUT2D eigenvalue weighted by Crippen LogP contribution is -2.06. The van der Waals surface area contributed by atoms with Crippen LogP contribution in [-0.4, -0.2) is 30.2 Å². The first-order chi connectivity index (χ1) is 8.31. The predicted molar refractivity (Wildman–Crippen MR) is 71.4 cm³/mol. The summed E-state index contributed by atoms with van der Waals surface area (Å²) in [4.78, 5) is 8.40. The SMILES string of the molecule is COCCCCNc1nc(N)nc2ccsc12. The average molecular weight is 252 g/mol. The van der Waals surface area contributed by atoms with Crippen LogP contribution in [0.3, 0.4) is 0 Å². The normalized spacial score (nSPS) is 10.9. The third-order valence-electron chi connectivity index (χ3n) is 2.39. The number of unbranched alkanes of at least 4 members (excludes halogenated alkanes) is 1. The van der Waals surface area contributed by atoms with Gasteiger partial charge in [0, 0.05) is 20.3 Å². The summed E-state index contributed by atoms with van der Waals surface area (Å²) in [5.74, 6) is 1.15. The molecule has 0 amide bonds. The molecule has 2 heterocycles. The molecule has 0 radical (unpaired) electrons. The largest absolute Gasteiger partial charge is 0.385 e. The number of fused-ring (bicyclic) bond motifs is 1. The summed E-state index contributed by atoms with van der Waals surface area (Å²) in [5, 5.41) is 5.29. The van der Waals surface area contributed by atoms with Crippen LogP contribution < -0.4 is 11.1 Å². The van der Waals surface area contributed by atoms with Crippen LogP contribution in [0.2, 0.25) is 0 Å². The lowest BCUT2D eigenvalue weighted by Gasteiger charge is -2.06. The molecular weight excluding hydrogens is 236 g/mol. The molecule has 0 aliphatic rings. The molecule has 6 heteroatoms. The highest BCUT2D eigenvalue weighted by molar-refractivity contribution is 7.17. The molecule has 0 bridgehead atoms. The van der Waals surface area contributed by atoms with E-state index in [1.165, 1.54) is 0 Å². The second kappa shape index (κ2) is 5.79. The van der Waals surface area contributed by atoms with E-state index in [1.54, 1.807) is 18.4 Å². The summed E-state index contributed by atoms with van der Waals surface area (Å²) in [5.41, 5.74) is 6.56. The van der Waals surface area contributed by atoms with Crippen molar-refractivity contribution in [1.82, 2.24) is 9.97 Å². The topological polar surface area (TPSA) is 73.1 Å². The van der Waals surface area contributed by atoms with Gasteiger partial charge in [-0.25, -0.2) is 4.98 Å². The van der Waals surface area contributed by atoms with Gasteiger partial charge in [-0.1, -0.05) is 0 Å². The molecule has 2 rings (SSSR count). The van der Waals surface area contributed by atoms with E-state index in [1.807, 2.05) is 11.4 Å². The Balaban J connectivity index is 2.00. The number of nitrogen functional groups attached to an aromatic ring is 1. The highest BCUT2D eigenvalue weighted by Gasteiger charge is 2.06. The third-order valence-corrected chi connectivity index (χ3v) is 3.30. The van der Waals surface area contributed by atoms with Gasteiger partial charge in [-0.2, -0.15) is 4.98 Å². The third kappa shape index (κ3) is 3.04. The maximum Gasteiger partial charge on any atom is 0.222 e. The summed E-state index contributed by atoms with van der Waals surface area (Å²) >= 11 is 1.62. The van der Waals surface area contributed by atoms with E-state index in [4.69, 9.17) is 10.5 Å². The van der Waals surface area contributed by atoms with Gasteiger partial charge >= 0.3 is 0 Å². The smallest absolute Gasteiger partial charge is 0.222 e. The fourth-order valence-electron chi connectivity index (χ4n) is 1.58. The Labute approximate surface area is 104 Å². The van der Waals surface area contributed by atoms with Crippen molar-refractivity contribution in [1.29, 1.82) is 0 Å². The molecule has 0 saturated heterocycles. The van der Waals surface area contributed by atoms with Crippen LogP contribution >= 0.6 is 11.3 Å². The lowest BCUT2D eigenvalue weighted by molar-refractivity contribution is 0.194. The minimum Gasteiger partial charge on any atom is -0.385 e. The minimum atomic E-state index is 0.315. The number of hydrogen-bond acceptors (Lipinski definition) is 6. The second-order valence-corrected chi connectivity index (χ2v) is 4.61. The molecule has 0 saturated carbocycles. The number of nitrogens with zero attached hydrogens (tertiary/aromatic N) is 2. The van der Waals surface area contributed by atoms with E-state index < -0.39 is 0 Å². The Morgan fingerprint density at radius 1 is 1.41 bits per heavy atom. The molecule has 0 aliphatic carbocycles. The zero-order valence-corrected chi connectivity index (χ0v) is 10.6. The highest BCUT2D eigenvalue weighted by atomic mass is 32.1. The van der Waals surface area contributed by atoms with E-state index in [9.17, 15) is 0 Å². The summed E-state index contributed by atoms with van der Waals surface area (Å²) in [6.45, 7) is 1.66. The van der Waals surface area contributed by atoms with Crippen molar-refractivity contribution in [3.05, 3.63) is 11.4 Å². The van der Waals surface area contributed by atoms with Gasteiger partial charge in [0.2, 0.25) is 5.95 Å². The molecule has 3 N–H and O–H groups in total. The first kappa shape index (κ1) is 12.1. The van der Waals surface area contributed by atoms with Gasteiger partial charge in [0.25, 0.3) is 0 Å². The van der Waals surface area contributed by atoms with Crippen molar-refractivity contribution in [3.63, 3.8) is 0 Å². The van der Waals surface area contributed by atoms with Crippen molar-refractivity contribution in [2.24, 2.45) is 0 Å². The Kier molecular flexibility index (Phi) is 4.11. The maximum atomic E-state index is 5.66. The molecule has 0 fully saturated rings. The van der Waals surface area contributed by atoms with Gasteiger partial charge in [0.15, 0.2) is 0 Å². The van der Waals surface area contributed by atoms with E-state index in [0.717, 1.165) is 42.0 Å². The van der Waals surface area contributed by atoms with Crippen LogP contribution in [0.4, 0.5) is 11.8 Å². The van der Waals surface area contributed by atoms with Crippen molar-refractivity contribution in [3.8, 4) is 0 Å². The first-order valence-corrected chi connectivity index (χ1v) is 6.43. The Morgan fingerprint density at radius 3 is 3.12 bits per heavy atom. The van der Waals surface area contributed by atoms with Crippen molar-refractivity contribution in [2.75, 3.05) is 31.3 Å². The molecule has 0 spiro atoms. The van der Waals surface area contributed by atoms with Crippen LogP contribution in [0.5, 0.6) is 0 Å². The first-order valence-electron chi connectivity index (χ1n) is 5.55. The predicted octanol–water partition coefficient (Wildman–Crippen LogP) is 2.11.